The first-order valence-corrected chi connectivity index (χ1v) is 11.9. The summed E-state index contributed by atoms with van der Waals surface area (Å²) >= 11 is 6.18. The predicted octanol–water partition coefficient (Wildman–Crippen LogP) is 5.25. The number of phenols is 1. The average molecular weight is 522 g/mol. The van der Waals surface area contributed by atoms with Gasteiger partial charge in [0.05, 0.1) is 35.4 Å². The van der Waals surface area contributed by atoms with Gasteiger partial charge in [-0.1, -0.05) is 29.8 Å². The first kappa shape index (κ1) is 25.8. The minimum Gasteiger partial charge on any atom is -0.508 e. The van der Waals surface area contributed by atoms with Crippen LogP contribution in [-0.4, -0.2) is 41.1 Å². The van der Waals surface area contributed by atoms with Gasteiger partial charge in [-0.05, 0) is 67.9 Å². The van der Waals surface area contributed by atoms with E-state index in [1.807, 2.05) is 0 Å². The van der Waals surface area contributed by atoms with Crippen LogP contribution in [0, 0.1) is 0 Å². The lowest BCUT2D eigenvalue weighted by atomic mass is 9.95. The zero-order valence-electron chi connectivity index (χ0n) is 20.1. The van der Waals surface area contributed by atoms with Crippen molar-refractivity contribution in [1.82, 2.24) is 0 Å². The number of benzene rings is 3. The van der Waals surface area contributed by atoms with E-state index < -0.39 is 29.5 Å². The summed E-state index contributed by atoms with van der Waals surface area (Å²) < 4.78 is 10.6. The molecule has 1 aliphatic rings. The smallest absolute Gasteiger partial charge is 0.338 e. The molecule has 1 fully saturated rings. The van der Waals surface area contributed by atoms with Crippen molar-refractivity contribution in [3.8, 4) is 11.5 Å². The molecule has 0 spiro atoms. The average Bonchev–Trinajstić information content (AvgIpc) is 3.16. The third-order valence-electron chi connectivity index (χ3n) is 5.79. The molecule has 9 heteroatoms. The zero-order valence-corrected chi connectivity index (χ0v) is 20.9. The number of carbonyl (C=O) groups excluding carboxylic acids is 3. The molecule has 4 rings (SSSR count). The number of hydrogen-bond acceptors (Lipinski definition) is 7. The molecule has 1 unspecified atom stereocenters. The summed E-state index contributed by atoms with van der Waals surface area (Å²) in [5.41, 5.74) is 0.983. The van der Waals surface area contributed by atoms with Crippen molar-refractivity contribution in [2.75, 3.05) is 18.1 Å². The molecule has 190 valence electrons. The van der Waals surface area contributed by atoms with E-state index in [1.54, 1.807) is 38.1 Å². The lowest BCUT2D eigenvalue weighted by molar-refractivity contribution is -0.132. The van der Waals surface area contributed by atoms with Crippen LogP contribution in [0.15, 0.2) is 72.3 Å². The maximum absolute atomic E-state index is 13.4. The fourth-order valence-corrected chi connectivity index (χ4v) is 4.31. The quantitative estimate of drug-likeness (QED) is 0.189. The lowest BCUT2D eigenvalue weighted by Gasteiger charge is -2.26. The first-order valence-electron chi connectivity index (χ1n) is 11.6. The summed E-state index contributed by atoms with van der Waals surface area (Å²) in [5.74, 6) is -2.50. The van der Waals surface area contributed by atoms with Gasteiger partial charge in [-0.25, -0.2) is 4.79 Å². The highest BCUT2D eigenvalue weighted by atomic mass is 35.5. The van der Waals surface area contributed by atoms with Crippen molar-refractivity contribution in [3.05, 3.63) is 94.0 Å². The fourth-order valence-electron chi connectivity index (χ4n) is 4.14. The van der Waals surface area contributed by atoms with Crippen LogP contribution in [0.5, 0.6) is 11.5 Å². The number of halogens is 1. The van der Waals surface area contributed by atoms with Gasteiger partial charge in [0, 0.05) is 11.3 Å². The van der Waals surface area contributed by atoms with Crippen molar-refractivity contribution in [1.29, 1.82) is 0 Å². The molecule has 1 aliphatic heterocycles. The Hall–Kier alpha value is -4.30. The van der Waals surface area contributed by atoms with E-state index in [-0.39, 0.29) is 34.7 Å². The molecule has 8 nitrogen and oxygen atoms in total. The van der Waals surface area contributed by atoms with Crippen molar-refractivity contribution in [2.45, 2.75) is 19.9 Å². The van der Waals surface area contributed by atoms with Crippen molar-refractivity contribution < 1.29 is 34.1 Å². The number of phenolic OH excluding ortho intramolecular Hbond substituents is 1. The Labute approximate surface area is 218 Å². The van der Waals surface area contributed by atoms with E-state index >= 15 is 0 Å². The number of aliphatic hydroxyl groups is 1. The van der Waals surface area contributed by atoms with Gasteiger partial charge in [0.2, 0.25) is 0 Å². The van der Waals surface area contributed by atoms with Gasteiger partial charge >= 0.3 is 5.97 Å². The number of aliphatic hydroxyl groups excluding tert-OH is 1. The normalized spacial score (nSPS) is 16.6. The van der Waals surface area contributed by atoms with Crippen LogP contribution in [0.2, 0.25) is 5.02 Å². The molecule has 0 radical (unpaired) electrons. The highest BCUT2D eigenvalue weighted by Gasteiger charge is 2.47. The van der Waals surface area contributed by atoms with E-state index in [1.165, 1.54) is 47.4 Å². The minimum absolute atomic E-state index is 0.0101. The predicted molar refractivity (Wildman–Crippen MR) is 138 cm³/mol. The van der Waals surface area contributed by atoms with Gasteiger partial charge in [0.1, 0.15) is 17.3 Å². The molecule has 1 heterocycles. The second kappa shape index (κ2) is 10.8. The Balaban J connectivity index is 1.91. The highest BCUT2D eigenvalue weighted by Crippen LogP contribution is 2.43. The van der Waals surface area contributed by atoms with E-state index in [0.29, 0.717) is 22.9 Å². The molecule has 37 heavy (non-hydrogen) atoms. The topological polar surface area (TPSA) is 113 Å². The molecule has 1 saturated heterocycles. The van der Waals surface area contributed by atoms with Gasteiger partial charge in [-0.15, -0.1) is 0 Å². The Morgan fingerprint density at radius 1 is 0.973 bits per heavy atom. The third-order valence-corrected chi connectivity index (χ3v) is 6.11. The Bertz CT molecular complexity index is 1400. The highest BCUT2D eigenvalue weighted by molar-refractivity contribution is 6.51. The van der Waals surface area contributed by atoms with Crippen LogP contribution in [0.3, 0.4) is 0 Å². The molecule has 3 aromatic rings. The monoisotopic (exact) mass is 521 g/mol. The van der Waals surface area contributed by atoms with E-state index in [9.17, 15) is 24.6 Å². The number of aromatic hydroxyl groups is 1. The Morgan fingerprint density at radius 2 is 1.70 bits per heavy atom. The fraction of sp³-hybridized carbons (Fsp3) is 0.179. The van der Waals surface area contributed by atoms with E-state index in [4.69, 9.17) is 21.1 Å². The summed E-state index contributed by atoms with van der Waals surface area (Å²) in [5, 5.41) is 21.4. The summed E-state index contributed by atoms with van der Waals surface area (Å²) in [6, 6.07) is 15.6. The van der Waals surface area contributed by atoms with Crippen LogP contribution in [-0.2, 0) is 14.3 Å². The molecule has 0 bridgehead atoms. The van der Waals surface area contributed by atoms with Crippen LogP contribution in [0.25, 0.3) is 5.76 Å². The minimum atomic E-state index is -1.05. The summed E-state index contributed by atoms with van der Waals surface area (Å²) in [6.45, 7) is 3.97. The maximum atomic E-state index is 13.4. The molecule has 0 saturated carbocycles. The van der Waals surface area contributed by atoms with E-state index in [2.05, 4.69) is 0 Å². The molecule has 3 aromatic carbocycles. The number of rotatable bonds is 7. The molecular formula is C28H24ClNO7. The number of ketones is 1. The van der Waals surface area contributed by atoms with Crippen LogP contribution in [0.1, 0.15) is 41.4 Å². The number of Topliss-reactive ketones (excluding diaryl/α,β-unsaturated/α-hetero) is 1. The van der Waals surface area contributed by atoms with Crippen LogP contribution in [0.4, 0.5) is 5.69 Å². The summed E-state index contributed by atoms with van der Waals surface area (Å²) in [7, 11) is 0. The zero-order chi connectivity index (χ0) is 26.7. The number of nitrogens with zero attached hydrogens (tertiary/aromatic N) is 1. The molecule has 2 N–H and O–H groups in total. The second-order valence-corrected chi connectivity index (χ2v) is 8.52. The summed E-state index contributed by atoms with van der Waals surface area (Å²) in [4.78, 5) is 40.2. The Kier molecular flexibility index (Phi) is 7.50. The number of amides is 1. The van der Waals surface area contributed by atoms with Gasteiger partial charge in [-0.3, -0.25) is 14.5 Å². The van der Waals surface area contributed by atoms with Gasteiger partial charge in [0.25, 0.3) is 11.7 Å². The Morgan fingerprint density at radius 3 is 2.38 bits per heavy atom. The molecule has 0 aliphatic carbocycles. The maximum Gasteiger partial charge on any atom is 0.338 e. The summed E-state index contributed by atoms with van der Waals surface area (Å²) in [6.07, 6.45) is 0. The molecule has 0 aromatic heterocycles. The molecule has 1 amide bonds. The number of anilines is 1. The van der Waals surface area contributed by atoms with E-state index in [0.717, 1.165) is 0 Å². The van der Waals surface area contributed by atoms with Gasteiger partial charge in [0.15, 0.2) is 0 Å². The third kappa shape index (κ3) is 5.01. The molecule has 1 atom stereocenters. The number of esters is 1. The standard InChI is InChI=1S/C28H24ClNO7/c1-3-36-22-15-17(10-13-21(22)29)25(32)23-24(16-8-11-20(31)12-9-16)30(27(34)26(23)33)19-7-5-6-18(14-19)28(35)37-4-2/h5-15,24,31-32H,3-4H2,1-2H3/b25-23+. The van der Waals surface area contributed by atoms with Gasteiger partial charge in [-0.2, -0.15) is 0 Å². The number of hydrogen-bond donors (Lipinski definition) is 2. The largest absolute Gasteiger partial charge is 0.508 e. The van der Waals surface area contributed by atoms with Crippen molar-refractivity contribution in [3.63, 3.8) is 0 Å². The van der Waals surface area contributed by atoms with Crippen LogP contribution >= 0.6 is 11.6 Å². The lowest BCUT2D eigenvalue weighted by Crippen LogP contribution is -2.29. The number of carbonyl (C=O) groups is 3. The SMILES string of the molecule is CCOC(=O)c1cccc(N2C(=O)C(=O)/C(=C(/O)c3ccc(Cl)c(OCC)c3)C2c2ccc(O)cc2)c1. The first-order chi connectivity index (χ1) is 17.8. The van der Waals surface area contributed by atoms with Gasteiger partial charge < -0.3 is 19.7 Å². The second-order valence-electron chi connectivity index (χ2n) is 8.11. The van der Waals surface area contributed by atoms with Crippen molar-refractivity contribution in [2.24, 2.45) is 0 Å². The molecular weight excluding hydrogens is 498 g/mol. The number of ether oxygens (including phenoxy) is 2. The van der Waals surface area contributed by atoms with Crippen molar-refractivity contribution >= 4 is 40.7 Å². The van der Waals surface area contributed by atoms with Crippen LogP contribution < -0.4 is 9.64 Å².